The minimum atomic E-state index is -0.181. The number of hydrogen-bond donors (Lipinski definition) is 0. The molecule has 25 heavy (non-hydrogen) atoms. The highest BCUT2D eigenvalue weighted by Gasteiger charge is 2.61. The fourth-order valence-electron chi connectivity index (χ4n) is 3.85. The van der Waals surface area contributed by atoms with Crippen LogP contribution in [0, 0.1) is 5.92 Å². The topological polar surface area (TPSA) is 38.5 Å². The first-order valence-electron chi connectivity index (χ1n) is 8.93. The molecule has 2 aliphatic rings. The molecule has 3 atom stereocenters. The highest BCUT2D eigenvalue weighted by molar-refractivity contribution is 5.81. The van der Waals surface area contributed by atoms with E-state index in [2.05, 4.69) is 53.4 Å². The number of rotatable bonds is 6. The maximum absolute atomic E-state index is 12.5. The molecule has 2 fully saturated rings. The van der Waals surface area contributed by atoms with Gasteiger partial charge in [0.05, 0.1) is 25.9 Å². The summed E-state index contributed by atoms with van der Waals surface area (Å²) in [5.74, 6) is 0.292. The molecule has 0 radical (unpaired) electrons. The summed E-state index contributed by atoms with van der Waals surface area (Å²) in [5.41, 5.74) is 2.40. The van der Waals surface area contributed by atoms with E-state index in [0.29, 0.717) is 12.5 Å². The van der Waals surface area contributed by atoms with E-state index in [9.17, 15) is 4.79 Å². The Balaban J connectivity index is 1.69. The zero-order valence-electron chi connectivity index (χ0n) is 14.4. The number of nitrogens with zero attached hydrogens (tertiary/aromatic N) is 1. The molecule has 0 saturated carbocycles. The Bertz CT molecular complexity index is 675. The van der Waals surface area contributed by atoms with Crippen LogP contribution in [-0.2, 0) is 14.3 Å². The van der Waals surface area contributed by atoms with E-state index in [1.807, 2.05) is 19.1 Å². The zero-order chi connectivity index (χ0) is 17.2. The minimum absolute atomic E-state index is 0.0578. The molecule has 2 saturated heterocycles. The molecule has 0 aromatic heterocycles. The summed E-state index contributed by atoms with van der Waals surface area (Å²) in [6, 6.07) is 20.8. The Morgan fingerprint density at radius 3 is 2.08 bits per heavy atom. The third-order valence-electron chi connectivity index (χ3n) is 5.10. The summed E-state index contributed by atoms with van der Waals surface area (Å²) in [6.07, 6.45) is 0. The van der Waals surface area contributed by atoms with Gasteiger partial charge in [0, 0.05) is 12.0 Å². The maximum atomic E-state index is 12.5. The Labute approximate surface area is 148 Å². The van der Waals surface area contributed by atoms with Gasteiger partial charge >= 0.3 is 5.97 Å². The molecule has 0 spiro atoms. The van der Waals surface area contributed by atoms with Crippen LogP contribution in [0.4, 0.5) is 0 Å². The lowest BCUT2D eigenvalue weighted by Gasteiger charge is -2.28. The van der Waals surface area contributed by atoms with Crippen LogP contribution in [0.15, 0.2) is 60.7 Å². The molecule has 4 nitrogen and oxygen atoms in total. The SMILES string of the molecule is CCOC(=O)[C@@H]1[C@H](C2COC2)N1C(c1ccccc1)c1ccccc1. The maximum Gasteiger partial charge on any atom is 0.325 e. The van der Waals surface area contributed by atoms with E-state index in [-0.39, 0.29) is 24.1 Å². The lowest BCUT2D eigenvalue weighted by atomic mass is 9.97. The normalized spacial score (nSPS) is 25.4. The quantitative estimate of drug-likeness (QED) is 0.600. The van der Waals surface area contributed by atoms with Crippen molar-refractivity contribution >= 4 is 5.97 Å². The third-order valence-corrected chi connectivity index (χ3v) is 5.10. The van der Waals surface area contributed by atoms with Crippen LogP contribution < -0.4 is 0 Å². The fraction of sp³-hybridized carbons (Fsp3) is 0.381. The van der Waals surface area contributed by atoms with Crippen molar-refractivity contribution in [1.29, 1.82) is 0 Å². The molecule has 0 bridgehead atoms. The van der Waals surface area contributed by atoms with Crippen LogP contribution in [0.5, 0.6) is 0 Å². The van der Waals surface area contributed by atoms with Crippen molar-refractivity contribution in [2.45, 2.75) is 25.0 Å². The molecule has 130 valence electrons. The van der Waals surface area contributed by atoms with Gasteiger partial charge in [0.25, 0.3) is 0 Å². The Morgan fingerprint density at radius 1 is 1.08 bits per heavy atom. The predicted octanol–water partition coefficient (Wildman–Crippen LogP) is 3.04. The summed E-state index contributed by atoms with van der Waals surface area (Å²) in [7, 11) is 0. The van der Waals surface area contributed by atoms with Gasteiger partial charge in [0.15, 0.2) is 0 Å². The van der Waals surface area contributed by atoms with Gasteiger partial charge in [-0.1, -0.05) is 60.7 Å². The van der Waals surface area contributed by atoms with E-state index in [1.54, 1.807) is 0 Å². The second-order valence-electron chi connectivity index (χ2n) is 6.66. The van der Waals surface area contributed by atoms with E-state index >= 15 is 0 Å². The molecular formula is C21H23NO3. The number of carbonyl (C=O) groups is 1. The van der Waals surface area contributed by atoms with Gasteiger partial charge in [-0.3, -0.25) is 9.69 Å². The smallest absolute Gasteiger partial charge is 0.325 e. The van der Waals surface area contributed by atoms with Crippen LogP contribution in [0.3, 0.4) is 0 Å². The Hall–Kier alpha value is -2.17. The highest BCUT2D eigenvalue weighted by atomic mass is 16.5. The third kappa shape index (κ3) is 3.08. The molecule has 0 aliphatic carbocycles. The number of carbonyl (C=O) groups excluding carboxylic acids is 1. The molecule has 2 heterocycles. The van der Waals surface area contributed by atoms with E-state index < -0.39 is 0 Å². The van der Waals surface area contributed by atoms with E-state index in [0.717, 1.165) is 13.2 Å². The number of ether oxygens (including phenoxy) is 2. The van der Waals surface area contributed by atoms with Gasteiger partial charge in [0.2, 0.25) is 0 Å². The summed E-state index contributed by atoms with van der Waals surface area (Å²) >= 11 is 0. The van der Waals surface area contributed by atoms with Crippen LogP contribution in [0.2, 0.25) is 0 Å². The molecule has 2 aromatic rings. The molecule has 4 rings (SSSR count). The monoisotopic (exact) mass is 337 g/mol. The summed E-state index contributed by atoms with van der Waals surface area (Å²) in [5, 5.41) is 0. The number of esters is 1. The van der Waals surface area contributed by atoms with Gasteiger partial charge < -0.3 is 9.47 Å². The zero-order valence-corrected chi connectivity index (χ0v) is 14.4. The summed E-state index contributed by atoms with van der Waals surface area (Å²) in [6.45, 7) is 3.73. The molecule has 0 N–H and O–H groups in total. The first-order valence-corrected chi connectivity index (χ1v) is 8.93. The predicted molar refractivity (Wildman–Crippen MR) is 95.1 cm³/mol. The lowest BCUT2D eigenvalue weighted by Crippen LogP contribution is -2.35. The van der Waals surface area contributed by atoms with E-state index in [4.69, 9.17) is 9.47 Å². The number of hydrogen-bond acceptors (Lipinski definition) is 4. The average Bonchev–Trinajstić information content (AvgIpc) is 3.30. The fourth-order valence-corrected chi connectivity index (χ4v) is 3.85. The average molecular weight is 337 g/mol. The van der Waals surface area contributed by atoms with Crippen LogP contribution in [0.1, 0.15) is 24.1 Å². The van der Waals surface area contributed by atoms with Crippen LogP contribution >= 0.6 is 0 Å². The molecular weight excluding hydrogens is 314 g/mol. The van der Waals surface area contributed by atoms with Crippen molar-refractivity contribution in [2.75, 3.05) is 19.8 Å². The van der Waals surface area contributed by atoms with Crippen molar-refractivity contribution in [3.8, 4) is 0 Å². The van der Waals surface area contributed by atoms with Crippen LogP contribution in [0.25, 0.3) is 0 Å². The minimum Gasteiger partial charge on any atom is -0.465 e. The van der Waals surface area contributed by atoms with Crippen molar-refractivity contribution in [3.63, 3.8) is 0 Å². The molecule has 0 amide bonds. The Kier molecular flexibility index (Phi) is 4.55. The second kappa shape index (κ2) is 6.98. The molecule has 1 unspecified atom stereocenters. The van der Waals surface area contributed by atoms with Crippen molar-refractivity contribution in [2.24, 2.45) is 5.92 Å². The van der Waals surface area contributed by atoms with Gasteiger partial charge in [-0.2, -0.15) is 0 Å². The summed E-state index contributed by atoms with van der Waals surface area (Å²) in [4.78, 5) is 14.8. The van der Waals surface area contributed by atoms with Crippen molar-refractivity contribution in [3.05, 3.63) is 71.8 Å². The summed E-state index contributed by atoms with van der Waals surface area (Å²) < 4.78 is 10.7. The number of benzene rings is 2. The van der Waals surface area contributed by atoms with Crippen LogP contribution in [-0.4, -0.2) is 42.8 Å². The molecule has 2 aromatic carbocycles. The molecule has 4 heteroatoms. The van der Waals surface area contributed by atoms with Gasteiger partial charge in [-0.25, -0.2) is 0 Å². The van der Waals surface area contributed by atoms with Gasteiger partial charge in [-0.15, -0.1) is 0 Å². The molecule has 2 aliphatic heterocycles. The lowest BCUT2D eigenvalue weighted by molar-refractivity contribution is -0.143. The first kappa shape index (κ1) is 16.3. The standard InChI is InChI=1S/C21H23NO3/c1-2-25-21(23)20-19(17-13-24-14-17)22(20)18(15-9-5-3-6-10-15)16-11-7-4-8-12-16/h3-12,17-20H,2,13-14H2,1H3/t19-,20-,22?/m0/s1. The van der Waals surface area contributed by atoms with Gasteiger partial charge in [-0.05, 0) is 18.1 Å². The highest BCUT2D eigenvalue weighted by Crippen LogP contribution is 2.47. The van der Waals surface area contributed by atoms with Gasteiger partial charge in [0.1, 0.15) is 6.04 Å². The first-order chi connectivity index (χ1) is 12.3. The largest absolute Gasteiger partial charge is 0.465 e. The Morgan fingerprint density at radius 2 is 1.64 bits per heavy atom. The second-order valence-corrected chi connectivity index (χ2v) is 6.66. The van der Waals surface area contributed by atoms with Crippen molar-refractivity contribution in [1.82, 2.24) is 4.90 Å². The van der Waals surface area contributed by atoms with Crippen molar-refractivity contribution < 1.29 is 14.3 Å². The van der Waals surface area contributed by atoms with E-state index in [1.165, 1.54) is 11.1 Å².